The molecule has 0 saturated heterocycles. The van der Waals surface area contributed by atoms with Crippen LogP contribution in [-0.2, 0) is 6.42 Å². The lowest BCUT2D eigenvalue weighted by molar-refractivity contribution is 0.316. The summed E-state index contributed by atoms with van der Waals surface area (Å²) < 4.78 is 14.0. The second-order valence-electron chi connectivity index (χ2n) is 6.71. The number of thiocarbonyl (C=S) groups is 1. The normalized spacial score (nSPS) is 13.9. The van der Waals surface area contributed by atoms with Crippen LogP contribution in [0.2, 0.25) is 0 Å². The summed E-state index contributed by atoms with van der Waals surface area (Å²) in [5, 5.41) is 2.20. The molecule has 0 radical (unpaired) electrons. The molecule has 0 aliphatic heterocycles. The molecule has 2 aromatic carbocycles. The van der Waals surface area contributed by atoms with Crippen LogP contribution in [0.4, 0.5) is 10.1 Å². The molecule has 0 atom stereocenters. The average molecular weight is 380 g/mol. The molecule has 1 saturated carbocycles. The number of isothiocyanates is 1. The molecule has 1 fully saturated rings. The molecule has 3 aromatic rings. The highest BCUT2D eigenvalue weighted by molar-refractivity contribution is 7.78. The monoisotopic (exact) mass is 379 g/mol. The zero-order chi connectivity index (χ0) is 17.9. The van der Waals surface area contributed by atoms with E-state index >= 15 is 0 Å². The third-order valence-electron chi connectivity index (χ3n) is 4.99. The van der Waals surface area contributed by atoms with E-state index in [0.29, 0.717) is 0 Å². The molecule has 0 amide bonds. The predicted molar refractivity (Wildman–Crippen MR) is 111 cm³/mol. The van der Waals surface area contributed by atoms with Crippen LogP contribution in [0, 0.1) is 11.7 Å². The third kappa shape index (κ3) is 3.68. The highest BCUT2D eigenvalue weighted by Crippen LogP contribution is 2.35. The Bertz CT molecular complexity index is 964. The van der Waals surface area contributed by atoms with Crippen LogP contribution in [0.25, 0.3) is 21.6 Å². The van der Waals surface area contributed by atoms with Crippen LogP contribution in [0.15, 0.2) is 59.6 Å². The third-order valence-corrected chi connectivity index (χ3v) is 6.24. The highest BCUT2D eigenvalue weighted by atomic mass is 32.1. The summed E-state index contributed by atoms with van der Waals surface area (Å²) in [6, 6.07) is 17.7. The average Bonchev–Trinajstić information content (AvgIpc) is 3.09. The Kier molecular flexibility index (Phi) is 5.07. The van der Waals surface area contributed by atoms with Gasteiger partial charge in [0.1, 0.15) is 11.5 Å². The minimum atomic E-state index is -0.386. The Morgan fingerprint density at radius 2 is 1.73 bits per heavy atom. The van der Waals surface area contributed by atoms with Gasteiger partial charge in [0.25, 0.3) is 0 Å². The molecule has 1 heterocycles. The number of thiophene rings is 1. The Morgan fingerprint density at radius 3 is 2.38 bits per heavy atom. The van der Waals surface area contributed by atoms with Gasteiger partial charge < -0.3 is 0 Å². The zero-order valence-corrected chi connectivity index (χ0v) is 15.9. The summed E-state index contributed by atoms with van der Waals surface area (Å²) >= 11 is 6.42. The van der Waals surface area contributed by atoms with E-state index in [0.717, 1.165) is 17.0 Å². The Hall–Kier alpha value is -2.13. The molecule has 1 nitrogen and oxygen atoms in total. The van der Waals surface area contributed by atoms with Crippen molar-refractivity contribution < 1.29 is 4.39 Å². The van der Waals surface area contributed by atoms with Gasteiger partial charge in [-0.25, -0.2) is 4.39 Å². The van der Waals surface area contributed by atoms with Crippen molar-refractivity contribution in [1.82, 2.24) is 0 Å². The van der Waals surface area contributed by atoms with Crippen LogP contribution < -0.4 is 0 Å². The van der Waals surface area contributed by atoms with Gasteiger partial charge >= 0.3 is 0 Å². The highest BCUT2D eigenvalue weighted by Gasteiger charge is 2.18. The van der Waals surface area contributed by atoms with E-state index < -0.39 is 0 Å². The molecule has 0 bridgehead atoms. The topological polar surface area (TPSA) is 12.4 Å². The standard InChI is InChI=1S/C22H18FNS2/c23-20-13-18(8-10-21(20)24-14-25)16-4-6-17(7-5-16)22-11-9-19(26-22)12-15-2-1-3-15/h4-11,13,15H,1-3,12H2. The van der Waals surface area contributed by atoms with Crippen molar-refractivity contribution in [2.45, 2.75) is 25.7 Å². The van der Waals surface area contributed by atoms with E-state index in [2.05, 4.69) is 46.6 Å². The zero-order valence-electron chi connectivity index (χ0n) is 14.2. The van der Waals surface area contributed by atoms with Crippen LogP contribution >= 0.6 is 23.6 Å². The summed E-state index contributed by atoms with van der Waals surface area (Å²) in [6.07, 6.45) is 5.38. The number of benzene rings is 2. The summed E-state index contributed by atoms with van der Waals surface area (Å²) in [7, 11) is 0. The molecular weight excluding hydrogens is 361 g/mol. The summed E-state index contributed by atoms with van der Waals surface area (Å²) in [5.41, 5.74) is 3.24. The van der Waals surface area contributed by atoms with Crippen molar-refractivity contribution in [3.63, 3.8) is 0 Å². The lowest BCUT2D eigenvalue weighted by Gasteiger charge is -2.24. The van der Waals surface area contributed by atoms with Gasteiger partial charge in [-0.05, 0) is 65.5 Å². The first-order valence-corrected chi connectivity index (χ1v) is 10.0. The molecule has 0 N–H and O–H groups in total. The number of halogens is 1. The quantitative estimate of drug-likeness (QED) is 0.335. The molecule has 4 rings (SSSR count). The molecule has 4 heteroatoms. The number of rotatable bonds is 5. The van der Waals surface area contributed by atoms with Crippen molar-refractivity contribution in [2.75, 3.05) is 0 Å². The molecule has 1 aliphatic carbocycles. The fourth-order valence-corrected chi connectivity index (χ4v) is 4.50. The minimum absolute atomic E-state index is 0.220. The van der Waals surface area contributed by atoms with Gasteiger partial charge in [0.05, 0.1) is 5.16 Å². The van der Waals surface area contributed by atoms with E-state index in [1.54, 1.807) is 6.07 Å². The molecule has 0 unspecified atom stereocenters. The minimum Gasteiger partial charge on any atom is -0.205 e. The van der Waals surface area contributed by atoms with Gasteiger partial charge in [-0.2, -0.15) is 4.99 Å². The van der Waals surface area contributed by atoms with Crippen LogP contribution in [-0.4, -0.2) is 5.16 Å². The van der Waals surface area contributed by atoms with Crippen molar-refractivity contribution >= 4 is 34.4 Å². The van der Waals surface area contributed by atoms with E-state index in [-0.39, 0.29) is 11.5 Å². The summed E-state index contributed by atoms with van der Waals surface area (Å²) in [4.78, 5) is 6.49. The summed E-state index contributed by atoms with van der Waals surface area (Å²) in [5.74, 6) is 0.507. The van der Waals surface area contributed by atoms with Gasteiger partial charge in [0, 0.05) is 9.75 Å². The van der Waals surface area contributed by atoms with Gasteiger partial charge in [-0.1, -0.05) is 49.6 Å². The Morgan fingerprint density at radius 1 is 1.00 bits per heavy atom. The predicted octanol–water partition coefficient (Wildman–Crippen LogP) is 7.30. The number of hydrogen-bond donors (Lipinski definition) is 0. The number of nitrogens with zero attached hydrogens (tertiary/aromatic N) is 1. The number of aliphatic imine (C=N–C) groups is 1. The molecule has 1 aromatic heterocycles. The molecule has 130 valence electrons. The molecule has 1 aliphatic rings. The fraction of sp³-hybridized carbons (Fsp3) is 0.227. The smallest absolute Gasteiger partial charge is 0.150 e. The van der Waals surface area contributed by atoms with Crippen LogP contribution in [0.3, 0.4) is 0 Å². The molecule has 0 spiro atoms. The maximum Gasteiger partial charge on any atom is 0.150 e. The van der Waals surface area contributed by atoms with Crippen LogP contribution in [0.5, 0.6) is 0 Å². The Balaban J connectivity index is 1.53. The van der Waals surface area contributed by atoms with Crippen molar-refractivity contribution in [3.8, 4) is 21.6 Å². The largest absolute Gasteiger partial charge is 0.205 e. The van der Waals surface area contributed by atoms with Crippen LogP contribution in [0.1, 0.15) is 24.1 Å². The fourth-order valence-electron chi connectivity index (χ4n) is 3.28. The maximum absolute atomic E-state index is 14.0. The van der Waals surface area contributed by atoms with Crippen molar-refractivity contribution in [1.29, 1.82) is 0 Å². The second kappa shape index (κ2) is 7.63. The van der Waals surface area contributed by atoms with Gasteiger partial charge in [0.15, 0.2) is 0 Å². The van der Waals surface area contributed by atoms with E-state index in [1.165, 1.54) is 47.1 Å². The van der Waals surface area contributed by atoms with E-state index in [4.69, 9.17) is 0 Å². The molecule has 26 heavy (non-hydrogen) atoms. The summed E-state index contributed by atoms with van der Waals surface area (Å²) in [6.45, 7) is 0. The lowest BCUT2D eigenvalue weighted by Crippen LogP contribution is -2.12. The van der Waals surface area contributed by atoms with Gasteiger partial charge in [0.2, 0.25) is 0 Å². The second-order valence-corrected chi connectivity index (χ2v) is 8.06. The first kappa shape index (κ1) is 17.3. The first-order chi connectivity index (χ1) is 12.7. The number of hydrogen-bond acceptors (Lipinski definition) is 3. The van der Waals surface area contributed by atoms with E-state index in [9.17, 15) is 4.39 Å². The lowest BCUT2D eigenvalue weighted by atomic mass is 9.83. The van der Waals surface area contributed by atoms with Crippen molar-refractivity contribution in [3.05, 3.63) is 65.3 Å². The first-order valence-electron chi connectivity index (χ1n) is 8.80. The maximum atomic E-state index is 14.0. The van der Waals surface area contributed by atoms with Gasteiger partial charge in [-0.3, -0.25) is 0 Å². The van der Waals surface area contributed by atoms with Gasteiger partial charge in [-0.15, -0.1) is 11.3 Å². The van der Waals surface area contributed by atoms with Crippen molar-refractivity contribution in [2.24, 2.45) is 10.9 Å². The Labute approximate surface area is 162 Å². The van der Waals surface area contributed by atoms with E-state index in [1.807, 2.05) is 29.5 Å². The SMILES string of the molecule is Fc1cc(-c2ccc(-c3ccc(CC4CCC4)s3)cc2)ccc1N=C=S. The molecular formula is C22H18FNS2.